The van der Waals surface area contributed by atoms with Gasteiger partial charge in [-0.15, -0.1) is 0 Å². The van der Waals surface area contributed by atoms with E-state index in [9.17, 15) is 4.79 Å². The predicted octanol–water partition coefficient (Wildman–Crippen LogP) is 3.77. The lowest BCUT2D eigenvalue weighted by Crippen LogP contribution is -2.19. The zero-order valence-electron chi connectivity index (χ0n) is 10.7. The third-order valence-electron chi connectivity index (χ3n) is 4.28. The van der Waals surface area contributed by atoms with E-state index in [0.29, 0.717) is 6.10 Å². The molecule has 0 bridgehead atoms. The Hall–Kier alpha value is -1.31. The largest absolute Gasteiger partial charge is 0.490 e. The minimum absolute atomic E-state index is 0.338. The summed E-state index contributed by atoms with van der Waals surface area (Å²) < 4.78 is 5.99. The van der Waals surface area contributed by atoms with E-state index in [2.05, 4.69) is 0 Å². The van der Waals surface area contributed by atoms with Crippen LogP contribution in [0.25, 0.3) is 0 Å². The van der Waals surface area contributed by atoms with Gasteiger partial charge in [-0.2, -0.15) is 0 Å². The normalized spacial score (nSPS) is 23.4. The summed E-state index contributed by atoms with van der Waals surface area (Å²) in [6.07, 6.45) is 10.3. The van der Waals surface area contributed by atoms with E-state index < -0.39 is 0 Å². The third kappa shape index (κ3) is 2.43. The Balaban J connectivity index is 1.63. The van der Waals surface area contributed by atoms with Crippen LogP contribution in [0.3, 0.4) is 0 Å². The van der Waals surface area contributed by atoms with Crippen LogP contribution in [-0.4, -0.2) is 12.4 Å². The fraction of sp³-hybridized carbons (Fsp3) is 0.562. The second kappa shape index (κ2) is 5.13. The van der Waals surface area contributed by atoms with Gasteiger partial charge in [-0.3, -0.25) is 4.79 Å². The van der Waals surface area contributed by atoms with Gasteiger partial charge < -0.3 is 4.74 Å². The molecule has 2 heteroatoms. The molecule has 1 saturated carbocycles. The number of benzene rings is 1. The molecule has 0 saturated heterocycles. The minimum Gasteiger partial charge on any atom is -0.490 e. The van der Waals surface area contributed by atoms with Crippen LogP contribution < -0.4 is 4.74 Å². The lowest BCUT2D eigenvalue weighted by molar-refractivity contribution is 0.112. The van der Waals surface area contributed by atoms with E-state index in [0.717, 1.165) is 29.9 Å². The van der Waals surface area contributed by atoms with Gasteiger partial charge in [-0.05, 0) is 36.1 Å². The molecule has 18 heavy (non-hydrogen) atoms. The van der Waals surface area contributed by atoms with Crippen LogP contribution in [0.1, 0.15) is 54.4 Å². The van der Waals surface area contributed by atoms with Gasteiger partial charge in [-0.1, -0.05) is 32.1 Å². The van der Waals surface area contributed by atoms with E-state index in [4.69, 9.17) is 4.74 Å². The predicted molar refractivity (Wildman–Crippen MR) is 71.1 cm³/mol. The van der Waals surface area contributed by atoms with Crippen LogP contribution in [0.4, 0.5) is 0 Å². The lowest BCUT2D eigenvalue weighted by Gasteiger charge is -2.24. The van der Waals surface area contributed by atoms with Gasteiger partial charge in [0, 0.05) is 12.0 Å². The van der Waals surface area contributed by atoms with Crippen molar-refractivity contribution in [2.24, 2.45) is 5.92 Å². The van der Waals surface area contributed by atoms with Gasteiger partial charge in [-0.25, -0.2) is 0 Å². The van der Waals surface area contributed by atoms with Gasteiger partial charge in [0.25, 0.3) is 0 Å². The topological polar surface area (TPSA) is 26.3 Å². The van der Waals surface area contributed by atoms with Gasteiger partial charge >= 0.3 is 0 Å². The Morgan fingerprint density at radius 2 is 2.06 bits per heavy atom. The number of hydrogen-bond acceptors (Lipinski definition) is 2. The number of fused-ring (bicyclic) bond motifs is 1. The molecule has 1 fully saturated rings. The summed E-state index contributed by atoms with van der Waals surface area (Å²) >= 11 is 0. The molecule has 1 aliphatic heterocycles. The Morgan fingerprint density at radius 1 is 1.22 bits per heavy atom. The summed E-state index contributed by atoms with van der Waals surface area (Å²) in [4.78, 5) is 10.8. The highest BCUT2D eigenvalue weighted by molar-refractivity contribution is 5.75. The van der Waals surface area contributed by atoms with Crippen LogP contribution in [0.15, 0.2) is 18.2 Å². The molecule has 0 aromatic heterocycles. The first-order valence-corrected chi connectivity index (χ1v) is 7.10. The highest BCUT2D eigenvalue weighted by Crippen LogP contribution is 2.35. The number of hydrogen-bond donors (Lipinski definition) is 0. The molecule has 0 spiro atoms. The van der Waals surface area contributed by atoms with Crippen molar-refractivity contribution in [2.75, 3.05) is 0 Å². The van der Waals surface area contributed by atoms with Crippen LogP contribution in [0, 0.1) is 5.92 Å². The first-order chi connectivity index (χ1) is 8.85. The zero-order valence-corrected chi connectivity index (χ0v) is 10.7. The maximum Gasteiger partial charge on any atom is 0.150 e. The van der Waals surface area contributed by atoms with Gasteiger partial charge in [0.1, 0.15) is 18.1 Å². The molecule has 2 nitrogen and oxygen atoms in total. The first kappa shape index (κ1) is 11.8. The second-order valence-corrected chi connectivity index (χ2v) is 5.67. The first-order valence-electron chi connectivity index (χ1n) is 7.10. The smallest absolute Gasteiger partial charge is 0.150 e. The molecule has 96 valence electrons. The fourth-order valence-corrected chi connectivity index (χ4v) is 3.34. The van der Waals surface area contributed by atoms with Crippen molar-refractivity contribution >= 4 is 6.29 Å². The van der Waals surface area contributed by atoms with Crippen molar-refractivity contribution in [3.63, 3.8) is 0 Å². The van der Waals surface area contributed by atoms with Crippen molar-refractivity contribution in [2.45, 2.75) is 51.0 Å². The highest BCUT2D eigenvalue weighted by atomic mass is 16.5. The monoisotopic (exact) mass is 244 g/mol. The fourth-order valence-electron chi connectivity index (χ4n) is 3.34. The van der Waals surface area contributed by atoms with E-state index in [1.165, 1.54) is 44.1 Å². The summed E-state index contributed by atoms with van der Waals surface area (Å²) in [5.41, 5.74) is 1.97. The maximum atomic E-state index is 10.8. The minimum atomic E-state index is 0.338. The van der Waals surface area contributed by atoms with E-state index in [1.54, 1.807) is 0 Å². The average Bonchev–Trinajstić information content (AvgIpc) is 2.80. The third-order valence-corrected chi connectivity index (χ3v) is 4.28. The molecule has 0 radical (unpaired) electrons. The Kier molecular flexibility index (Phi) is 3.35. The van der Waals surface area contributed by atoms with E-state index in [1.807, 2.05) is 18.2 Å². The van der Waals surface area contributed by atoms with Gasteiger partial charge in [0.2, 0.25) is 0 Å². The van der Waals surface area contributed by atoms with Crippen molar-refractivity contribution in [1.82, 2.24) is 0 Å². The number of carbonyl (C=O) groups excluding carboxylic acids is 1. The van der Waals surface area contributed by atoms with Crippen molar-refractivity contribution < 1.29 is 9.53 Å². The van der Waals surface area contributed by atoms with Gasteiger partial charge in [0.15, 0.2) is 0 Å². The molecular formula is C16H20O2. The molecule has 1 aromatic carbocycles. The second-order valence-electron chi connectivity index (χ2n) is 5.67. The van der Waals surface area contributed by atoms with Crippen molar-refractivity contribution in [3.05, 3.63) is 29.3 Å². The molecule has 0 unspecified atom stereocenters. The molecule has 1 aromatic rings. The summed E-state index contributed by atoms with van der Waals surface area (Å²) in [6.45, 7) is 0. The van der Waals surface area contributed by atoms with Gasteiger partial charge in [0.05, 0.1) is 0 Å². The molecule has 1 aliphatic carbocycles. The molecule has 0 amide bonds. The lowest BCUT2D eigenvalue weighted by atomic mass is 9.85. The molecular weight excluding hydrogens is 224 g/mol. The quantitative estimate of drug-likeness (QED) is 0.756. The Bertz CT molecular complexity index is 433. The number of aldehydes is 1. The van der Waals surface area contributed by atoms with Crippen LogP contribution in [-0.2, 0) is 6.42 Å². The molecule has 1 heterocycles. The van der Waals surface area contributed by atoms with Crippen LogP contribution >= 0.6 is 0 Å². The molecule has 1 atom stereocenters. The van der Waals surface area contributed by atoms with Crippen LogP contribution in [0.2, 0.25) is 0 Å². The van der Waals surface area contributed by atoms with Crippen LogP contribution in [0.5, 0.6) is 5.75 Å². The molecule has 0 N–H and O–H groups in total. The standard InChI is InChI=1S/C16H20O2/c17-11-13-6-7-16-14(8-13)10-15(18-16)9-12-4-2-1-3-5-12/h6-8,11-12,15H,1-5,9-10H2/t15-/m1/s1. The SMILES string of the molecule is O=Cc1ccc2c(c1)C[C@@H](CC1CCCCC1)O2. The highest BCUT2D eigenvalue weighted by Gasteiger charge is 2.26. The summed E-state index contributed by atoms with van der Waals surface area (Å²) in [7, 11) is 0. The Morgan fingerprint density at radius 3 is 2.83 bits per heavy atom. The molecule has 2 aliphatic rings. The number of rotatable bonds is 3. The van der Waals surface area contributed by atoms with Crippen molar-refractivity contribution in [1.29, 1.82) is 0 Å². The number of carbonyl (C=O) groups is 1. The zero-order chi connectivity index (χ0) is 12.4. The summed E-state index contributed by atoms with van der Waals surface area (Å²) in [5, 5.41) is 0. The van der Waals surface area contributed by atoms with Crippen molar-refractivity contribution in [3.8, 4) is 5.75 Å². The Labute approximate surface area is 108 Å². The summed E-state index contributed by atoms with van der Waals surface area (Å²) in [5.74, 6) is 1.84. The average molecular weight is 244 g/mol. The summed E-state index contributed by atoms with van der Waals surface area (Å²) in [6, 6.07) is 5.76. The number of ether oxygens (including phenoxy) is 1. The molecule has 3 rings (SSSR count). The van der Waals surface area contributed by atoms with E-state index in [-0.39, 0.29) is 0 Å². The maximum absolute atomic E-state index is 10.8. The van der Waals surface area contributed by atoms with E-state index >= 15 is 0 Å².